The van der Waals surface area contributed by atoms with Gasteiger partial charge in [-0.1, -0.05) is 60.6 Å². The third-order valence-electron chi connectivity index (χ3n) is 8.52. The molecule has 50 heavy (non-hydrogen) atoms. The molecule has 1 aromatic carbocycles. The summed E-state index contributed by atoms with van der Waals surface area (Å²) in [6.07, 6.45) is 5.48. The summed E-state index contributed by atoms with van der Waals surface area (Å²) < 4.78 is 72.3. The zero-order chi connectivity index (χ0) is 38.5. The van der Waals surface area contributed by atoms with E-state index in [0.29, 0.717) is 37.5 Å². The van der Waals surface area contributed by atoms with Gasteiger partial charge in [0.1, 0.15) is 13.2 Å². The molecule has 0 bridgehead atoms. The van der Waals surface area contributed by atoms with Gasteiger partial charge in [0.05, 0.1) is 24.0 Å². The van der Waals surface area contributed by atoms with Crippen LogP contribution in [-0.4, -0.2) is 106 Å². The summed E-state index contributed by atoms with van der Waals surface area (Å²) in [6.45, 7) is 19.3. The third kappa shape index (κ3) is 19.7. The van der Waals surface area contributed by atoms with Crippen LogP contribution in [0.1, 0.15) is 105 Å². The Morgan fingerprint density at radius 2 is 1.38 bits per heavy atom. The Kier molecular flexibility index (Phi) is 23.2. The fraction of sp³-hybridized carbons (Fsp3) is 0.735. The normalized spacial score (nSPS) is 17.0. The van der Waals surface area contributed by atoms with E-state index in [0.717, 1.165) is 57.3 Å². The lowest BCUT2D eigenvalue weighted by Crippen LogP contribution is -2.43. The number of ether oxygens (including phenoxy) is 2. The van der Waals surface area contributed by atoms with Gasteiger partial charge in [0.15, 0.2) is 0 Å². The lowest BCUT2D eigenvalue weighted by atomic mass is 9.99. The summed E-state index contributed by atoms with van der Waals surface area (Å²) in [6, 6.07) is 6.78. The molecule has 1 aromatic rings. The van der Waals surface area contributed by atoms with Crippen LogP contribution in [0.25, 0.3) is 0 Å². The van der Waals surface area contributed by atoms with Crippen molar-refractivity contribution < 1.29 is 54.0 Å². The number of nitrogens with zero attached hydrogens (tertiary/aromatic N) is 2. The van der Waals surface area contributed by atoms with Crippen LogP contribution in [0.15, 0.2) is 29.2 Å². The second-order valence-corrected chi connectivity index (χ2v) is 14.8. The minimum Gasteiger partial charge on any atom is -0.463 e. The van der Waals surface area contributed by atoms with E-state index < -0.39 is 26.5 Å². The number of amides is 2. The lowest BCUT2D eigenvalue weighted by molar-refractivity contribution is -0.148. The van der Waals surface area contributed by atoms with Crippen LogP contribution in [0.4, 0.5) is 0 Å². The molecule has 4 unspecified atom stereocenters. The van der Waals surface area contributed by atoms with Gasteiger partial charge in [-0.2, -0.15) is 16.8 Å². The maximum atomic E-state index is 11.6. The van der Waals surface area contributed by atoms with E-state index in [1.54, 1.807) is 19.1 Å². The molecule has 0 radical (unpaired) electrons. The first-order chi connectivity index (χ1) is 23.3. The Labute approximate surface area is 299 Å². The van der Waals surface area contributed by atoms with Crippen molar-refractivity contribution >= 4 is 38.3 Å². The van der Waals surface area contributed by atoms with Crippen molar-refractivity contribution in [2.45, 2.75) is 111 Å². The smallest absolute Gasteiger partial charge is 0.397 e. The average Bonchev–Trinajstić information content (AvgIpc) is 3.54. The molecule has 14 nitrogen and oxygen atoms in total. The van der Waals surface area contributed by atoms with Crippen molar-refractivity contribution in [3.05, 3.63) is 29.8 Å². The lowest BCUT2D eigenvalue weighted by Gasteiger charge is -2.28. The molecule has 0 saturated carbocycles. The summed E-state index contributed by atoms with van der Waals surface area (Å²) in [5, 5.41) is 0. The van der Waals surface area contributed by atoms with Crippen LogP contribution in [0.2, 0.25) is 0 Å². The van der Waals surface area contributed by atoms with Gasteiger partial charge in [-0.25, -0.2) is 4.18 Å². The van der Waals surface area contributed by atoms with Gasteiger partial charge in [-0.05, 0) is 62.6 Å². The maximum absolute atomic E-state index is 11.6. The third-order valence-corrected chi connectivity index (χ3v) is 9.86. The molecule has 2 N–H and O–H groups in total. The topological polar surface area (TPSA) is 194 Å². The summed E-state index contributed by atoms with van der Waals surface area (Å²) >= 11 is 0. The monoisotopic (exact) mass is 752 g/mol. The molecule has 2 saturated heterocycles. The number of esters is 1. The van der Waals surface area contributed by atoms with Gasteiger partial charge in [0, 0.05) is 38.0 Å². The average molecular weight is 753 g/mol. The highest BCUT2D eigenvalue weighted by molar-refractivity contribution is 7.85. The molecule has 2 fully saturated rings. The number of likely N-dealkylation sites (tertiary alicyclic amines) is 1. The van der Waals surface area contributed by atoms with Crippen LogP contribution in [0.3, 0.4) is 0 Å². The Morgan fingerprint density at radius 1 is 0.820 bits per heavy atom. The Morgan fingerprint density at radius 3 is 1.80 bits per heavy atom. The van der Waals surface area contributed by atoms with Crippen molar-refractivity contribution in [1.82, 2.24) is 9.80 Å². The van der Waals surface area contributed by atoms with E-state index in [1.807, 2.05) is 30.6 Å². The van der Waals surface area contributed by atoms with Gasteiger partial charge in [-0.3, -0.25) is 23.5 Å². The molecule has 2 aliphatic heterocycles. The highest BCUT2D eigenvalue weighted by atomic mass is 32.3. The van der Waals surface area contributed by atoms with Crippen LogP contribution < -0.4 is 0 Å². The first-order valence-electron chi connectivity index (χ1n) is 17.3. The number of carbonyl (C=O) groups is 3. The molecular weight excluding hydrogens is 693 g/mol. The Bertz CT molecular complexity index is 1350. The maximum Gasteiger partial charge on any atom is 0.397 e. The molecule has 0 spiro atoms. The van der Waals surface area contributed by atoms with Crippen molar-refractivity contribution in [3.8, 4) is 0 Å². The second kappa shape index (κ2) is 24.5. The fourth-order valence-corrected chi connectivity index (χ4v) is 5.18. The zero-order valence-corrected chi connectivity index (χ0v) is 32.6. The van der Waals surface area contributed by atoms with Gasteiger partial charge < -0.3 is 19.3 Å². The van der Waals surface area contributed by atoms with E-state index in [-0.39, 0.29) is 35.9 Å². The highest BCUT2D eigenvalue weighted by Crippen LogP contribution is 2.20. The predicted molar refractivity (Wildman–Crippen MR) is 190 cm³/mol. The zero-order valence-electron chi connectivity index (χ0n) is 31.0. The van der Waals surface area contributed by atoms with Crippen LogP contribution >= 0.6 is 0 Å². The first kappa shape index (κ1) is 47.4. The van der Waals surface area contributed by atoms with E-state index >= 15 is 0 Å². The standard InChI is InChI=1S/C10H14O3S.C9H17NO2.C8H15NO.C7H14O6S/c1-3-8(2)9-4-6-10(7-5-9)14(11,12)13;1-3-8(2)9(11)10-4-6-12-7-5-10;1-3-7(2)9-6-4-5-8(9)10;1-3-6(2)7(8)12-4-5-13-14(9,10)11/h4-8H,3H2,1-2H3,(H,11,12,13);8H,3-7H2,1-2H3;7H,3-6H2,1-2H3;6H,3-5H2,1-2H3,(H,9,10,11). The van der Waals surface area contributed by atoms with Crippen molar-refractivity contribution in [2.24, 2.45) is 11.8 Å². The number of carbonyl (C=O) groups excluding carboxylic acids is 3. The van der Waals surface area contributed by atoms with Crippen molar-refractivity contribution in [3.63, 3.8) is 0 Å². The second-order valence-electron chi connectivity index (χ2n) is 12.3. The van der Waals surface area contributed by atoms with E-state index in [4.69, 9.17) is 13.8 Å². The summed E-state index contributed by atoms with van der Waals surface area (Å²) in [5.41, 5.74) is 1.08. The largest absolute Gasteiger partial charge is 0.463 e. The highest BCUT2D eigenvalue weighted by Gasteiger charge is 2.23. The molecule has 2 amide bonds. The number of hydrogen-bond acceptors (Lipinski definition) is 10. The van der Waals surface area contributed by atoms with Crippen molar-refractivity contribution in [2.75, 3.05) is 46.1 Å². The van der Waals surface area contributed by atoms with E-state index in [2.05, 4.69) is 36.6 Å². The summed E-state index contributed by atoms with van der Waals surface area (Å²) in [4.78, 5) is 37.5. The molecule has 2 heterocycles. The number of morpholine rings is 1. The SMILES string of the molecule is CCC(C)C(=O)N1CCOCC1.CCC(C)C(=O)OCCOS(=O)(=O)O.CCC(C)N1CCCC1=O.CCC(C)c1ccc(S(=O)(=O)O)cc1. The predicted octanol–water partition coefficient (Wildman–Crippen LogP) is 5.14. The molecule has 0 aromatic heterocycles. The van der Waals surface area contributed by atoms with Crippen molar-refractivity contribution in [1.29, 1.82) is 0 Å². The van der Waals surface area contributed by atoms with Gasteiger partial charge >= 0.3 is 16.4 Å². The first-order valence-corrected chi connectivity index (χ1v) is 20.1. The fourth-order valence-electron chi connectivity index (χ4n) is 4.42. The van der Waals surface area contributed by atoms with Crippen LogP contribution in [-0.2, 0) is 48.6 Å². The summed E-state index contributed by atoms with van der Waals surface area (Å²) in [5.74, 6) is 0.566. The minimum atomic E-state index is -4.44. The summed E-state index contributed by atoms with van der Waals surface area (Å²) in [7, 11) is -8.49. The Hall–Kier alpha value is -2.63. The van der Waals surface area contributed by atoms with Crippen LogP contribution in [0.5, 0.6) is 0 Å². The molecule has 4 atom stereocenters. The molecule has 2 aliphatic rings. The number of benzene rings is 1. The molecular formula is C34H60N2O12S2. The van der Waals surface area contributed by atoms with Crippen LogP contribution in [0, 0.1) is 11.8 Å². The molecule has 0 aliphatic carbocycles. The molecule has 16 heteroatoms. The number of hydrogen-bond donors (Lipinski definition) is 2. The van der Waals surface area contributed by atoms with E-state index in [9.17, 15) is 31.2 Å². The molecule has 290 valence electrons. The molecule has 3 rings (SSSR count). The van der Waals surface area contributed by atoms with E-state index in [1.165, 1.54) is 12.1 Å². The minimum absolute atomic E-state index is 0.0513. The Balaban J connectivity index is 0.000000645. The van der Waals surface area contributed by atoms with Gasteiger partial charge in [0.25, 0.3) is 10.1 Å². The van der Waals surface area contributed by atoms with Gasteiger partial charge in [-0.15, -0.1) is 0 Å². The van der Waals surface area contributed by atoms with Gasteiger partial charge in [0.2, 0.25) is 11.8 Å². The quantitative estimate of drug-likeness (QED) is 0.153. The number of rotatable bonds is 13.